The molecule has 2 saturated carbocycles. The number of hydrogen-bond acceptors (Lipinski definition) is 3. The van der Waals surface area contributed by atoms with E-state index in [1.165, 1.54) is 64.2 Å². The molecule has 1 N–H and O–H groups in total. The minimum atomic E-state index is 0.553. The second kappa shape index (κ2) is 6.95. The molecule has 2 fully saturated rings. The number of H-pyrrole nitrogens is 1. The van der Waals surface area contributed by atoms with E-state index >= 15 is 0 Å². The van der Waals surface area contributed by atoms with Gasteiger partial charge >= 0.3 is 0 Å². The van der Waals surface area contributed by atoms with Gasteiger partial charge in [0.25, 0.3) is 0 Å². The topological polar surface area (TPSA) is 36.9 Å². The number of rotatable bonds is 4. The monoisotopic (exact) mass is 308 g/mol. The molecule has 0 atom stereocenters. The lowest BCUT2D eigenvalue weighted by atomic mass is 9.94. The molecule has 0 aromatic carbocycles. The molecule has 0 amide bonds. The summed E-state index contributed by atoms with van der Waals surface area (Å²) in [5, 5.41) is 7.67. The molecule has 0 aliphatic heterocycles. The van der Waals surface area contributed by atoms with Crippen molar-refractivity contribution in [3.63, 3.8) is 0 Å². The summed E-state index contributed by atoms with van der Waals surface area (Å²) < 4.78 is 3.14. The van der Waals surface area contributed by atoms with Gasteiger partial charge in [-0.15, -0.1) is 5.10 Å². The first-order chi connectivity index (χ1) is 10.3. The minimum Gasteiger partial charge on any atom is -0.338 e. The largest absolute Gasteiger partial charge is 0.338 e. The van der Waals surface area contributed by atoms with E-state index in [9.17, 15) is 0 Å². The van der Waals surface area contributed by atoms with E-state index in [-0.39, 0.29) is 0 Å². The number of anilines is 1. The third-order valence-corrected chi connectivity index (χ3v) is 5.53. The molecular weight excluding hydrogens is 280 g/mol. The van der Waals surface area contributed by atoms with Crippen LogP contribution in [-0.4, -0.2) is 27.4 Å². The van der Waals surface area contributed by atoms with Crippen molar-refractivity contribution in [3.05, 3.63) is 4.77 Å². The maximum absolute atomic E-state index is 5.54. The zero-order chi connectivity index (χ0) is 14.7. The smallest absolute Gasteiger partial charge is 0.226 e. The molecule has 21 heavy (non-hydrogen) atoms. The summed E-state index contributed by atoms with van der Waals surface area (Å²) in [5.41, 5.74) is 0. The Morgan fingerprint density at radius 3 is 2.33 bits per heavy atom. The Balaban J connectivity index is 1.87. The van der Waals surface area contributed by atoms with Gasteiger partial charge in [-0.2, -0.15) is 0 Å². The summed E-state index contributed by atoms with van der Waals surface area (Å²) in [7, 11) is 0. The summed E-state index contributed by atoms with van der Waals surface area (Å²) in [5.74, 6) is 1.10. The van der Waals surface area contributed by atoms with Crippen molar-refractivity contribution >= 4 is 18.2 Å². The SMILES string of the molecule is CCN(c1n[nH]c(=S)n1C1CCCCC1)C1CCCCC1. The fourth-order valence-electron chi connectivity index (χ4n) is 4.12. The number of hydrogen-bond donors (Lipinski definition) is 1. The van der Waals surface area contributed by atoms with E-state index in [0.29, 0.717) is 12.1 Å². The average molecular weight is 308 g/mol. The number of aromatic nitrogens is 3. The highest BCUT2D eigenvalue weighted by atomic mass is 32.1. The van der Waals surface area contributed by atoms with Gasteiger partial charge in [-0.1, -0.05) is 38.5 Å². The van der Waals surface area contributed by atoms with Crippen LogP contribution in [0.5, 0.6) is 0 Å². The summed E-state index contributed by atoms with van der Waals surface area (Å²) in [6.45, 7) is 3.27. The third kappa shape index (κ3) is 3.17. The van der Waals surface area contributed by atoms with Crippen molar-refractivity contribution in [1.82, 2.24) is 14.8 Å². The molecule has 118 valence electrons. The highest BCUT2D eigenvalue weighted by Crippen LogP contribution is 2.33. The Bertz CT molecular complexity index is 495. The molecule has 2 aliphatic rings. The molecule has 1 aromatic rings. The van der Waals surface area contributed by atoms with Crippen LogP contribution in [0.1, 0.15) is 77.2 Å². The standard InChI is InChI=1S/C16H28N4S/c1-2-19(13-9-5-3-6-10-13)15-17-18-16(21)20(15)14-11-7-4-8-12-14/h13-14H,2-12H2,1H3,(H,18,21). The first-order valence-corrected chi connectivity index (χ1v) is 9.15. The van der Waals surface area contributed by atoms with Crippen LogP contribution in [0.25, 0.3) is 0 Å². The Morgan fingerprint density at radius 2 is 1.71 bits per heavy atom. The Morgan fingerprint density at radius 1 is 1.10 bits per heavy atom. The van der Waals surface area contributed by atoms with Crippen LogP contribution < -0.4 is 4.90 Å². The Kier molecular flexibility index (Phi) is 4.99. The van der Waals surface area contributed by atoms with Crippen molar-refractivity contribution < 1.29 is 0 Å². The van der Waals surface area contributed by atoms with Crippen molar-refractivity contribution in [2.75, 3.05) is 11.4 Å². The molecule has 0 saturated heterocycles. The second-order valence-corrected chi connectivity index (χ2v) is 6.96. The first kappa shape index (κ1) is 15.1. The molecule has 0 radical (unpaired) electrons. The second-order valence-electron chi connectivity index (χ2n) is 6.57. The summed E-state index contributed by atoms with van der Waals surface area (Å²) in [6.07, 6.45) is 13.2. The van der Waals surface area contributed by atoms with Gasteiger partial charge in [-0.25, -0.2) is 5.10 Å². The molecule has 5 heteroatoms. The predicted molar refractivity (Wildman–Crippen MR) is 89.4 cm³/mol. The Labute approximate surface area is 132 Å². The fraction of sp³-hybridized carbons (Fsp3) is 0.875. The summed E-state index contributed by atoms with van der Waals surface area (Å²) in [4.78, 5) is 2.50. The van der Waals surface area contributed by atoms with E-state index in [1.807, 2.05) is 0 Å². The van der Waals surface area contributed by atoms with Gasteiger partial charge in [-0.05, 0) is 44.8 Å². The summed E-state index contributed by atoms with van der Waals surface area (Å²) >= 11 is 5.54. The molecule has 0 unspecified atom stereocenters. The van der Waals surface area contributed by atoms with Gasteiger partial charge in [0, 0.05) is 18.6 Å². The van der Waals surface area contributed by atoms with Crippen LogP contribution in [0.2, 0.25) is 0 Å². The lowest BCUT2D eigenvalue weighted by Crippen LogP contribution is -2.39. The first-order valence-electron chi connectivity index (χ1n) is 8.74. The van der Waals surface area contributed by atoms with Crippen LogP contribution in [0, 0.1) is 4.77 Å². The van der Waals surface area contributed by atoms with Gasteiger partial charge in [0.05, 0.1) is 0 Å². The highest BCUT2D eigenvalue weighted by molar-refractivity contribution is 7.71. The van der Waals surface area contributed by atoms with Crippen molar-refractivity contribution in [2.24, 2.45) is 0 Å². The minimum absolute atomic E-state index is 0.553. The van der Waals surface area contributed by atoms with Crippen molar-refractivity contribution in [1.29, 1.82) is 0 Å². The van der Waals surface area contributed by atoms with Crippen molar-refractivity contribution in [3.8, 4) is 0 Å². The number of aromatic amines is 1. The fourth-order valence-corrected chi connectivity index (χ4v) is 4.40. The van der Waals surface area contributed by atoms with Crippen LogP contribution in [0.4, 0.5) is 5.95 Å². The molecule has 4 nitrogen and oxygen atoms in total. The van der Waals surface area contributed by atoms with E-state index in [2.05, 4.69) is 26.6 Å². The molecule has 1 heterocycles. The zero-order valence-electron chi connectivity index (χ0n) is 13.2. The van der Waals surface area contributed by atoms with E-state index in [1.54, 1.807) is 0 Å². The molecule has 1 aromatic heterocycles. The normalized spacial score (nSPS) is 21.6. The molecule has 3 rings (SSSR count). The maximum atomic E-state index is 5.54. The van der Waals surface area contributed by atoms with Crippen LogP contribution in [-0.2, 0) is 0 Å². The van der Waals surface area contributed by atoms with E-state index in [0.717, 1.165) is 17.3 Å². The lowest BCUT2D eigenvalue weighted by Gasteiger charge is -2.35. The third-order valence-electron chi connectivity index (χ3n) is 5.24. The van der Waals surface area contributed by atoms with Gasteiger partial charge in [-0.3, -0.25) is 4.57 Å². The Hall–Kier alpha value is -0.840. The van der Waals surface area contributed by atoms with Gasteiger partial charge in [0.15, 0.2) is 4.77 Å². The van der Waals surface area contributed by atoms with Crippen LogP contribution in [0.3, 0.4) is 0 Å². The quantitative estimate of drug-likeness (QED) is 0.826. The number of nitrogens with zero attached hydrogens (tertiary/aromatic N) is 3. The summed E-state index contributed by atoms with van der Waals surface area (Å²) in [6, 6.07) is 1.20. The lowest BCUT2D eigenvalue weighted by molar-refractivity contribution is 0.343. The van der Waals surface area contributed by atoms with Gasteiger partial charge < -0.3 is 4.90 Å². The van der Waals surface area contributed by atoms with Gasteiger partial charge in [0.1, 0.15) is 0 Å². The van der Waals surface area contributed by atoms with Crippen LogP contribution >= 0.6 is 12.2 Å². The predicted octanol–water partition coefficient (Wildman–Crippen LogP) is 4.60. The van der Waals surface area contributed by atoms with E-state index < -0.39 is 0 Å². The molecule has 0 spiro atoms. The van der Waals surface area contributed by atoms with E-state index in [4.69, 9.17) is 12.2 Å². The highest BCUT2D eigenvalue weighted by Gasteiger charge is 2.27. The van der Waals surface area contributed by atoms with Gasteiger partial charge in [0.2, 0.25) is 5.95 Å². The molecule has 0 bridgehead atoms. The zero-order valence-corrected chi connectivity index (χ0v) is 14.0. The van der Waals surface area contributed by atoms with Crippen LogP contribution in [0.15, 0.2) is 0 Å². The number of nitrogens with one attached hydrogen (secondary N) is 1. The van der Waals surface area contributed by atoms with Crippen molar-refractivity contribution in [2.45, 2.75) is 83.2 Å². The average Bonchev–Trinajstić information content (AvgIpc) is 2.92. The maximum Gasteiger partial charge on any atom is 0.226 e. The molecule has 2 aliphatic carbocycles. The molecular formula is C16H28N4S.